The molecule has 298 valence electrons. The lowest BCUT2D eigenvalue weighted by molar-refractivity contribution is 0.360. The predicted octanol–water partition coefficient (Wildman–Crippen LogP) is 14.7. The fourth-order valence-electron chi connectivity index (χ4n) is 9.86. The molecule has 1 atom stereocenters. The number of amidine groups is 1. The molecule has 0 amide bonds. The first-order chi connectivity index (χ1) is 31.2. The molecule has 9 aromatic carbocycles. The third kappa shape index (κ3) is 6.22. The number of ether oxygens (including phenoxy) is 2. The number of rotatable bonds is 7. The smallest absolute Gasteiger partial charge is 0.178 e. The molecule has 2 heterocycles. The van der Waals surface area contributed by atoms with Crippen LogP contribution in [0, 0.1) is 0 Å². The van der Waals surface area contributed by atoms with Gasteiger partial charge in [0.1, 0.15) is 0 Å². The first-order valence-corrected chi connectivity index (χ1v) is 21.6. The number of nitrogens with zero attached hydrogens (tertiary/aromatic N) is 2. The Morgan fingerprint density at radius 2 is 1.00 bits per heavy atom. The molecule has 0 spiro atoms. The van der Waals surface area contributed by atoms with Crippen molar-refractivity contribution in [2.24, 2.45) is 9.98 Å². The summed E-state index contributed by atoms with van der Waals surface area (Å²) in [4.78, 5) is 10.5. The average Bonchev–Trinajstić information content (AvgIpc) is 3.68. The molecule has 0 aromatic heterocycles. The van der Waals surface area contributed by atoms with Gasteiger partial charge in [-0.2, -0.15) is 0 Å². The summed E-state index contributed by atoms with van der Waals surface area (Å²) in [7, 11) is 0. The van der Waals surface area contributed by atoms with Crippen molar-refractivity contribution in [3.05, 3.63) is 263 Å². The molecule has 1 aliphatic carbocycles. The van der Waals surface area contributed by atoms with E-state index in [4.69, 9.17) is 19.5 Å². The van der Waals surface area contributed by atoms with E-state index in [0.717, 1.165) is 56.2 Å². The van der Waals surface area contributed by atoms with Crippen LogP contribution in [0.15, 0.2) is 234 Å². The molecule has 0 saturated heterocycles. The first-order valence-electron chi connectivity index (χ1n) is 21.6. The number of benzene rings is 9. The van der Waals surface area contributed by atoms with Crippen LogP contribution in [-0.2, 0) is 5.41 Å². The fourth-order valence-corrected chi connectivity index (χ4v) is 9.86. The maximum absolute atomic E-state index is 6.94. The predicted molar refractivity (Wildman–Crippen MR) is 255 cm³/mol. The highest BCUT2D eigenvalue weighted by atomic mass is 16.6. The van der Waals surface area contributed by atoms with Crippen LogP contribution in [0.3, 0.4) is 0 Å². The third-order valence-corrected chi connectivity index (χ3v) is 12.8. The number of fused-ring (bicyclic) bond motifs is 6. The van der Waals surface area contributed by atoms with Crippen LogP contribution in [0.2, 0.25) is 0 Å². The van der Waals surface area contributed by atoms with E-state index in [1.165, 1.54) is 33.4 Å². The van der Waals surface area contributed by atoms with Gasteiger partial charge < -0.3 is 9.47 Å². The van der Waals surface area contributed by atoms with E-state index in [-0.39, 0.29) is 6.04 Å². The highest BCUT2D eigenvalue weighted by Crippen LogP contribution is 2.62. The van der Waals surface area contributed by atoms with Crippen LogP contribution in [-0.4, -0.2) is 11.5 Å². The summed E-state index contributed by atoms with van der Waals surface area (Å²) >= 11 is 0. The topological polar surface area (TPSA) is 43.2 Å². The molecule has 0 saturated carbocycles. The molecule has 63 heavy (non-hydrogen) atoms. The summed E-state index contributed by atoms with van der Waals surface area (Å²) < 4.78 is 13.8. The highest BCUT2D eigenvalue weighted by molar-refractivity contribution is 6.14. The second-order valence-electron chi connectivity index (χ2n) is 16.4. The van der Waals surface area contributed by atoms with Crippen molar-refractivity contribution >= 4 is 11.5 Å². The van der Waals surface area contributed by atoms with Crippen molar-refractivity contribution in [2.75, 3.05) is 0 Å². The summed E-state index contributed by atoms with van der Waals surface area (Å²) in [6.07, 6.45) is 0.680. The van der Waals surface area contributed by atoms with E-state index in [2.05, 4.69) is 200 Å². The standard InChI is InChI=1S/C59H40N2O2/c1-5-17-39(18-6-1)41-21-15-23-44(35-41)51-38-52(61-58(60-51)40-19-7-2-8-20-40)45-24-16-22-42(36-45)43-31-33-53-55(37-43)62-54-34-32-50-56(57(54)63-53)48-29-13-14-30-49(48)59(50,46-25-9-3-10-26-46)47-27-11-4-12-28-47/h1-37,52H,38H2. The molecule has 0 N–H and O–H groups in total. The van der Waals surface area contributed by atoms with Crippen molar-refractivity contribution in [2.45, 2.75) is 17.9 Å². The van der Waals surface area contributed by atoms with Crippen molar-refractivity contribution < 1.29 is 9.47 Å². The van der Waals surface area contributed by atoms with Crippen LogP contribution in [0.25, 0.3) is 33.4 Å². The third-order valence-electron chi connectivity index (χ3n) is 12.8. The zero-order chi connectivity index (χ0) is 41.7. The van der Waals surface area contributed by atoms with Crippen molar-refractivity contribution in [1.82, 2.24) is 0 Å². The van der Waals surface area contributed by atoms with Crippen LogP contribution >= 0.6 is 0 Å². The maximum atomic E-state index is 6.94. The fraction of sp³-hybridized carbons (Fsp3) is 0.0508. The largest absolute Gasteiger partial charge is 0.449 e. The summed E-state index contributed by atoms with van der Waals surface area (Å²) in [5.41, 5.74) is 15.2. The van der Waals surface area contributed by atoms with E-state index in [0.29, 0.717) is 23.7 Å². The van der Waals surface area contributed by atoms with E-state index < -0.39 is 5.41 Å². The lowest BCUT2D eigenvalue weighted by Gasteiger charge is -2.34. The molecule has 0 bridgehead atoms. The van der Waals surface area contributed by atoms with Crippen LogP contribution in [0.4, 0.5) is 0 Å². The summed E-state index contributed by atoms with van der Waals surface area (Å²) in [6, 6.07) is 79.0. The number of hydrogen-bond acceptors (Lipinski definition) is 4. The quantitative estimate of drug-likeness (QED) is 0.161. The van der Waals surface area contributed by atoms with Gasteiger partial charge in [0, 0.05) is 17.5 Å². The Labute approximate surface area is 367 Å². The molecule has 12 rings (SSSR count). The van der Waals surface area contributed by atoms with E-state index in [1.54, 1.807) is 0 Å². The highest BCUT2D eigenvalue weighted by Gasteiger charge is 2.48. The molecule has 0 radical (unpaired) electrons. The van der Waals surface area contributed by atoms with Crippen LogP contribution < -0.4 is 9.47 Å². The Kier molecular flexibility index (Phi) is 8.82. The molecular formula is C59H40N2O2. The zero-order valence-electron chi connectivity index (χ0n) is 34.4. The lowest BCUT2D eigenvalue weighted by Crippen LogP contribution is -2.28. The van der Waals surface area contributed by atoms with E-state index in [9.17, 15) is 0 Å². The van der Waals surface area contributed by atoms with Gasteiger partial charge in [-0.3, -0.25) is 4.99 Å². The molecule has 1 unspecified atom stereocenters. The second kappa shape index (κ2) is 15.1. The molecule has 3 aliphatic rings. The average molecular weight is 809 g/mol. The molecule has 4 nitrogen and oxygen atoms in total. The Bertz CT molecular complexity index is 3210. The summed E-state index contributed by atoms with van der Waals surface area (Å²) in [5, 5.41) is 0. The van der Waals surface area contributed by atoms with Gasteiger partial charge in [0.25, 0.3) is 0 Å². The minimum Gasteiger partial charge on any atom is -0.449 e. The minimum atomic E-state index is -0.523. The van der Waals surface area contributed by atoms with Gasteiger partial charge in [-0.1, -0.05) is 194 Å². The van der Waals surface area contributed by atoms with Gasteiger partial charge in [-0.15, -0.1) is 0 Å². The SMILES string of the molecule is c1ccc(C2=NC(c3cccc(-c4ccc5c(c4)Oc4ccc6c(c4O5)-c4ccccc4C6(c4ccccc4)c4ccccc4)c3)CC(c3cccc(-c4ccccc4)c3)=N2)cc1. The number of aliphatic imine (C=N–C) groups is 2. The Morgan fingerprint density at radius 3 is 1.75 bits per heavy atom. The number of hydrogen-bond donors (Lipinski definition) is 0. The van der Waals surface area contributed by atoms with Gasteiger partial charge in [-0.05, 0) is 91.5 Å². The Hall–Kier alpha value is -8.08. The van der Waals surface area contributed by atoms with Gasteiger partial charge in [0.2, 0.25) is 0 Å². The minimum absolute atomic E-state index is 0.124. The molecule has 2 aliphatic heterocycles. The van der Waals surface area contributed by atoms with Gasteiger partial charge in [0.05, 0.1) is 17.2 Å². The Balaban J connectivity index is 0.893. The zero-order valence-corrected chi connectivity index (χ0v) is 34.4. The molecular weight excluding hydrogens is 769 g/mol. The summed E-state index contributed by atoms with van der Waals surface area (Å²) in [5.74, 6) is 3.56. The lowest BCUT2D eigenvalue weighted by atomic mass is 9.68. The van der Waals surface area contributed by atoms with Gasteiger partial charge in [0.15, 0.2) is 28.8 Å². The van der Waals surface area contributed by atoms with Gasteiger partial charge in [-0.25, -0.2) is 4.99 Å². The van der Waals surface area contributed by atoms with E-state index in [1.807, 2.05) is 24.3 Å². The monoisotopic (exact) mass is 808 g/mol. The normalized spacial score (nSPS) is 15.3. The molecule has 4 heteroatoms. The second-order valence-corrected chi connectivity index (χ2v) is 16.4. The van der Waals surface area contributed by atoms with E-state index >= 15 is 0 Å². The maximum Gasteiger partial charge on any atom is 0.178 e. The van der Waals surface area contributed by atoms with Crippen LogP contribution in [0.5, 0.6) is 23.0 Å². The van der Waals surface area contributed by atoms with Gasteiger partial charge >= 0.3 is 0 Å². The molecule has 0 fully saturated rings. The Morgan fingerprint density at radius 1 is 0.413 bits per heavy atom. The van der Waals surface area contributed by atoms with Crippen molar-refractivity contribution in [1.29, 1.82) is 0 Å². The van der Waals surface area contributed by atoms with Crippen LogP contribution in [0.1, 0.15) is 51.4 Å². The first kappa shape index (κ1) is 36.7. The van der Waals surface area contributed by atoms with Crippen molar-refractivity contribution in [3.8, 4) is 56.4 Å². The summed E-state index contributed by atoms with van der Waals surface area (Å²) in [6.45, 7) is 0. The molecule has 9 aromatic rings. The van der Waals surface area contributed by atoms with Crippen molar-refractivity contribution in [3.63, 3.8) is 0 Å².